The molecule has 4 heterocycles. The molecule has 1 N–H and O–H groups in total. The van der Waals surface area contributed by atoms with Crippen molar-refractivity contribution in [1.29, 1.82) is 0 Å². The van der Waals surface area contributed by atoms with Gasteiger partial charge in [0.25, 0.3) is 0 Å². The Hall–Kier alpha value is -2.70. The maximum absolute atomic E-state index is 4.60. The van der Waals surface area contributed by atoms with Crippen LogP contribution in [0.1, 0.15) is 24.4 Å². The van der Waals surface area contributed by atoms with Gasteiger partial charge >= 0.3 is 0 Å². The number of hydrogen-bond donors (Lipinski definition) is 1. The summed E-state index contributed by atoms with van der Waals surface area (Å²) in [6.45, 7) is 5.88. The van der Waals surface area contributed by atoms with E-state index in [1.54, 1.807) is 12.4 Å². The van der Waals surface area contributed by atoms with E-state index in [0.29, 0.717) is 6.04 Å². The molecule has 24 heavy (non-hydrogen) atoms. The molecule has 0 spiro atoms. The topological polar surface area (TPSA) is 71.2 Å². The predicted molar refractivity (Wildman–Crippen MR) is 93.4 cm³/mol. The van der Waals surface area contributed by atoms with Crippen LogP contribution in [-0.4, -0.2) is 43.5 Å². The van der Waals surface area contributed by atoms with E-state index in [4.69, 9.17) is 0 Å². The Bertz CT molecular complexity index is 837. The van der Waals surface area contributed by atoms with Gasteiger partial charge in [0.1, 0.15) is 11.6 Å². The quantitative estimate of drug-likeness (QED) is 0.797. The summed E-state index contributed by atoms with van der Waals surface area (Å²) >= 11 is 0. The van der Waals surface area contributed by atoms with E-state index in [0.717, 1.165) is 54.7 Å². The molecule has 7 heteroatoms. The lowest BCUT2D eigenvalue weighted by Gasteiger charge is -2.34. The second-order valence-electron chi connectivity index (χ2n) is 6.28. The summed E-state index contributed by atoms with van der Waals surface area (Å²) in [7, 11) is 0. The fraction of sp³-hybridized carbons (Fsp3) is 0.412. The van der Waals surface area contributed by atoms with Crippen molar-refractivity contribution in [2.24, 2.45) is 0 Å². The molecule has 1 unspecified atom stereocenters. The molecule has 1 saturated heterocycles. The molecule has 0 aliphatic carbocycles. The number of aromatic nitrogens is 5. The highest BCUT2D eigenvalue weighted by Gasteiger charge is 2.22. The van der Waals surface area contributed by atoms with E-state index in [-0.39, 0.29) is 0 Å². The third-order valence-corrected chi connectivity index (χ3v) is 4.35. The first-order valence-electron chi connectivity index (χ1n) is 8.30. The number of nitrogens with zero attached hydrogens (tertiary/aromatic N) is 6. The van der Waals surface area contributed by atoms with E-state index >= 15 is 0 Å². The third kappa shape index (κ3) is 2.89. The maximum Gasteiger partial charge on any atom is 0.180 e. The van der Waals surface area contributed by atoms with Gasteiger partial charge in [-0.2, -0.15) is 0 Å². The first-order chi connectivity index (χ1) is 11.7. The van der Waals surface area contributed by atoms with E-state index < -0.39 is 0 Å². The van der Waals surface area contributed by atoms with Crippen LogP contribution in [0.4, 0.5) is 11.6 Å². The molecular formula is C17H21N7. The van der Waals surface area contributed by atoms with Gasteiger partial charge in [-0.1, -0.05) is 0 Å². The maximum atomic E-state index is 4.60. The number of imidazole rings is 1. The highest BCUT2D eigenvalue weighted by molar-refractivity contribution is 5.62. The Morgan fingerprint density at radius 1 is 1.12 bits per heavy atom. The predicted octanol–water partition coefficient (Wildman–Crippen LogP) is 2.22. The summed E-state index contributed by atoms with van der Waals surface area (Å²) in [6, 6.07) is 2.38. The van der Waals surface area contributed by atoms with Gasteiger partial charge < -0.3 is 14.6 Å². The SMILES string of the molecule is Cc1cc(N2CCCC(Nc3nccn4ccnc34)C2)nc(C)n1. The van der Waals surface area contributed by atoms with Crippen LogP contribution in [0.25, 0.3) is 5.65 Å². The minimum atomic E-state index is 0.324. The third-order valence-electron chi connectivity index (χ3n) is 4.35. The van der Waals surface area contributed by atoms with Crippen LogP contribution in [0.5, 0.6) is 0 Å². The first kappa shape index (κ1) is 14.9. The van der Waals surface area contributed by atoms with Crippen LogP contribution in [-0.2, 0) is 0 Å². The summed E-state index contributed by atoms with van der Waals surface area (Å²) < 4.78 is 1.98. The molecule has 0 aromatic carbocycles. The van der Waals surface area contributed by atoms with Crippen LogP contribution in [0.3, 0.4) is 0 Å². The lowest BCUT2D eigenvalue weighted by atomic mass is 10.1. The Morgan fingerprint density at radius 2 is 1.96 bits per heavy atom. The molecular weight excluding hydrogens is 302 g/mol. The average molecular weight is 323 g/mol. The standard InChI is InChI=1S/C17H21N7/c1-12-10-15(21-13(2)20-12)24-7-3-4-14(11-24)22-16-17-19-6-9-23(17)8-5-18-16/h5-6,8-10,14H,3-4,7,11H2,1-2H3,(H,18,22). The van der Waals surface area contributed by atoms with E-state index in [1.807, 2.05) is 30.6 Å². The number of fused-ring (bicyclic) bond motifs is 1. The highest BCUT2D eigenvalue weighted by atomic mass is 15.2. The van der Waals surface area contributed by atoms with Crippen LogP contribution in [0.2, 0.25) is 0 Å². The number of piperidine rings is 1. The summed E-state index contributed by atoms with van der Waals surface area (Å²) in [5.74, 6) is 2.67. The van der Waals surface area contributed by atoms with Crippen molar-refractivity contribution < 1.29 is 0 Å². The second kappa shape index (κ2) is 6.07. The van der Waals surface area contributed by atoms with Gasteiger partial charge in [0.15, 0.2) is 11.5 Å². The zero-order valence-corrected chi connectivity index (χ0v) is 14.0. The minimum absolute atomic E-state index is 0.324. The average Bonchev–Trinajstić information content (AvgIpc) is 3.04. The molecule has 1 aliphatic rings. The molecule has 0 radical (unpaired) electrons. The Kier molecular flexibility index (Phi) is 3.76. The fourth-order valence-corrected chi connectivity index (χ4v) is 3.31. The monoisotopic (exact) mass is 323 g/mol. The molecule has 124 valence electrons. The van der Waals surface area contributed by atoms with Crippen LogP contribution in [0.15, 0.2) is 30.9 Å². The number of aryl methyl sites for hydroxylation is 2. The van der Waals surface area contributed by atoms with Crippen molar-refractivity contribution in [3.05, 3.63) is 42.4 Å². The first-order valence-corrected chi connectivity index (χ1v) is 8.30. The summed E-state index contributed by atoms with van der Waals surface area (Å²) in [6.07, 6.45) is 9.67. The van der Waals surface area contributed by atoms with Gasteiger partial charge in [0, 0.05) is 55.7 Å². The molecule has 4 rings (SSSR count). The summed E-state index contributed by atoms with van der Waals surface area (Å²) in [5, 5.41) is 3.56. The van der Waals surface area contributed by atoms with Crippen molar-refractivity contribution in [3.63, 3.8) is 0 Å². The lowest BCUT2D eigenvalue weighted by Crippen LogP contribution is -2.42. The smallest absolute Gasteiger partial charge is 0.180 e. The Balaban J connectivity index is 1.53. The molecule has 0 bridgehead atoms. The van der Waals surface area contributed by atoms with Crippen LogP contribution < -0.4 is 10.2 Å². The zero-order chi connectivity index (χ0) is 16.5. The molecule has 1 atom stereocenters. The normalized spacial score (nSPS) is 18.1. The minimum Gasteiger partial charge on any atom is -0.362 e. The van der Waals surface area contributed by atoms with E-state index in [9.17, 15) is 0 Å². The van der Waals surface area contributed by atoms with Crippen molar-refractivity contribution in [2.45, 2.75) is 32.7 Å². The number of hydrogen-bond acceptors (Lipinski definition) is 6. The van der Waals surface area contributed by atoms with E-state index in [2.05, 4.69) is 36.2 Å². The summed E-state index contributed by atoms with van der Waals surface area (Å²) in [4.78, 5) is 20.1. The van der Waals surface area contributed by atoms with Crippen molar-refractivity contribution >= 4 is 17.3 Å². The number of rotatable bonds is 3. The Morgan fingerprint density at radius 3 is 2.79 bits per heavy atom. The molecule has 0 saturated carbocycles. The molecule has 3 aromatic heterocycles. The number of anilines is 2. The zero-order valence-electron chi connectivity index (χ0n) is 14.0. The fourth-order valence-electron chi connectivity index (χ4n) is 3.31. The van der Waals surface area contributed by atoms with Crippen molar-refractivity contribution in [1.82, 2.24) is 24.3 Å². The van der Waals surface area contributed by atoms with Gasteiger partial charge in [-0.15, -0.1) is 0 Å². The van der Waals surface area contributed by atoms with Gasteiger partial charge in [-0.05, 0) is 26.7 Å². The van der Waals surface area contributed by atoms with Gasteiger partial charge in [-0.3, -0.25) is 0 Å². The van der Waals surface area contributed by atoms with Gasteiger partial charge in [-0.25, -0.2) is 19.9 Å². The Labute approximate surface area is 140 Å². The molecule has 1 aliphatic heterocycles. The molecule has 0 amide bonds. The van der Waals surface area contributed by atoms with Crippen LogP contribution >= 0.6 is 0 Å². The van der Waals surface area contributed by atoms with E-state index in [1.165, 1.54) is 0 Å². The molecule has 7 nitrogen and oxygen atoms in total. The largest absolute Gasteiger partial charge is 0.362 e. The van der Waals surface area contributed by atoms with Gasteiger partial charge in [0.2, 0.25) is 0 Å². The lowest BCUT2D eigenvalue weighted by molar-refractivity contribution is 0.525. The van der Waals surface area contributed by atoms with Crippen molar-refractivity contribution in [2.75, 3.05) is 23.3 Å². The molecule has 1 fully saturated rings. The van der Waals surface area contributed by atoms with Crippen molar-refractivity contribution in [3.8, 4) is 0 Å². The van der Waals surface area contributed by atoms with Crippen LogP contribution in [0, 0.1) is 13.8 Å². The molecule has 3 aromatic rings. The highest BCUT2D eigenvalue weighted by Crippen LogP contribution is 2.21. The van der Waals surface area contributed by atoms with Gasteiger partial charge in [0.05, 0.1) is 0 Å². The summed E-state index contributed by atoms with van der Waals surface area (Å²) in [5.41, 5.74) is 1.87. The number of nitrogens with one attached hydrogen (secondary N) is 1. The second-order valence-corrected chi connectivity index (χ2v) is 6.28.